The number of piperidine rings is 1. The van der Waals surface area contributed by atoms with Crippen LogP contribution in [0.1, 0.15) is 40.0 Å². The minimum Gasteiger partial charge on any atom is -0.394 e. The number of hydrogen-bond acceptors (Lipinski definition) is 3. The molecular weight excluding hydrogens is 188 g/mol. The summed E-state index contributed by atoms with van der Waals surface area (Å²) in [5, 5.41) is 13.2. The van der Waals surface area contributed by atoms with Crippen molar-refractivity contribution >= 4 is 0 Å². The summed E-state index contributed by atoms with van der Waals surface area (Å²) in [6, 6.07) is 1.05. The number of likely N-dealkylation sites (tertiary alicyclic amines) is 1. The quantitative estimate of drug-likeness (QED) is 0.738. The van der Waals surface area contributed by atoms with Gasteiger partial charge in [0, 0.05) is 17.6 Å². The monoisotopic (exact) mass is 214 g/mol. The molecule has 1 aliphatic rings. The largest absolute Gasteiger partial charge is 0.394 e. The molecule has 0 aromatic heterocycles. The highest BCUT2D eigenvalue weighted by molar-refractivity contribution is 4.96. The Kier molecular flexibility index (Phi) is 4.56. The van der Waals surface area contributed by atoms with Gasteiger partial charge in [0.15, 0.2) is 0 Å². The van der Waals surface area contributed by atoms with E-state index in [1.807, 2.05) is 0 Å². The van der Waals surface area contributed by atoms with Crippen LogP contribution in [0.25, 0.3) is 0 Å². The molecule has 90 valence electrons. The number of nitrogens with zero attached hydrogens (tertiary/aromatic N) is 1. The van der Waals surface area contributed by atoms with Gasteiger partial charge in [-0.25, -0.2) is 0 Å². The molecule has 1 fully saturated rings. The fourth-order valence-electron chi connectivity index (χ4n) is 2.38. The highest BCUT2D eigenvalue weighted by Crippen LogP contribution is 2.26. The summed E-state index contributed by atoms with van der Waals surface area (Å²) >= 11 is 0. The first-order valence-electron chi connectivity index (χ1n) is 6.12. The molecule has 3 atom stereocenters. The molecule has 0 aromatic carbocycles. The first-order valence-corrected chi connectivity index (χ1v) is 6.12. The lowest BCUT2D eigenvalue weighted by Crippen LogP contribution is -2.59. The molecule has 1 saturated heterocycles. The Labute approximate surface area is 93.9 Å². The van der Waals surface area contributed by atoms with Gasteiger partial charge >= 0.3 is 0 Å². The van der Waals surface area contributed by atoms with E-state index in [4.69, 9.17) is 0 Å². The van der Waals surface area contributed by atoms with Gasteiger partial charge in [0.25, 0.3) is 0 Å². The molecule has 1 heterocycles. The third-order valence-electron chi connectivity index (χ3n) is 3.85. The zero-order chi connectivity index (χ0) is 11.5. The van der Waals surface area contributed by atoms with E-state index in [0.29, 0.717) is 12.1 Å². The Morgan fingerprint density at radius 3 is 2.73 bits per heavy atom. The van der Waals surface area contributed by atoms with Crippen molar-refractivity contribution in [1.82, 2.24) is 10.2 Å². The Hall–Kier alpha value is -0.120. The van der Waals surface area contributed by atoms with Crippen LogP contribution in [0.2, 0.25) is 0 Å². The summed E-state index contributed by atoms with van der Waals surface area (Å²) in [5.41, 5.74) is -0.0403. The molecule has 3 heteroatoms. The predicted molar refractivity (Wildman–Crippen MR) is 64.0 cm³/mol. The average molecular weight is 214 g/mol. The van der Waals surface area contributed by atoms with Gasteiger partial charge in [-0.2, -0.15) is 0 Å². The van der Waals surface area contributed by atoms with Crippen molar-refractivity contribution in [2.45, 2.75) is 57.7 Å². The van der Waals surface area contributed by atoms with E-state index in [-0.39, 0.29) is 12.1 Å². The molecule has 0 radical (unpaired) electrons. The maximum Gasteiger partial charge on any atom is 0.0614 e. The molecule has 0 saturated carbocycles. The Morgan fingerprint density at radius 1 is 1.60 bits per heavy atom. The maximum atomic E-state index is 9.61. The summed E-state index contributed by atoms with van der Waals surface area (Å²) in [7, 11) is 2.16. The number of rotatable bonds is 4. The summed E-state index contributed by atoms with van der Waals surface area (Å²) in [6.45, 7) is 7.95. The van der Waals surface area contributed by atoms with Crippen molar-refractivity contribution in [3.63, 3.8) is 0 Å². The predicted octanol–water partition coefficient (Wildman–Crippen LogP) is 1.22. The number of hydrogen-bond donors (Lipinski definition) is 2. The fraction of sp³-hybridized carbons (Fsp3) is 1.00. The van der Waals surface area contributed by atoms with Crippen LogP contribution in [0.15, 0.2) is 0 Å². The SMILES string of the molecule is CCC(C)NC1(CO)CCN(C)C(C)C1. The molecule has 3 unspecified atom stereocenters. The van der Waals surface area contributed by atoms with Gasteiger partial charge in [0.2, 0.25) is 0 Å². The standard InChI is InChI=1S/C12H26N2O/c1-5-10(2)13-12(9-15)6-7-14(4)11(3)8-12/h10-11,13,15H,5-9H2,1-4H3. The van der Waals surface area contributed by atoms with E-state index in [9.17, 15) is 5.11 Å². The van der Waals surface area contributed by atoms with Crippen molar-refractivity contribution < 1.29 is 5.11 Å². The van der Waals surface area contributed by atoms with Gasteiger partial charge in [0.05, 0.1) is 6.61 Å². The molecule has 3 nitrogen and oxygen atoms in total. The summed E-state index contributed by atoms with van der Waals surface area (Å²) < 4.78 is 0. The Balaban J connectivity index is 2.60. The van der Waals surface area contributed by atoms with Crippen LogP contribution in [0.4, 0.5) is 0 Å². The van der Waals surface area contributed by atoms with E-state index in [1.165, 1.54) is 0 Å². The van der Waals surface area contributed by atoms with Crippen LogP contribution < -0.4 is 5.32 Å². The number of aliphatic hydroxyl groups is 1. The highest BCUT2D eigenvalue weighted by atomic mass is 16.3. The molecule has 0 spiro atoms. The van der Waals surface area contributed by atoms with Crippen molar-refractivity contribution in [3.05, 3.63) is 0 Å². The van der Waals surface area contributed by atoms with Crippen LogP contribution in [-0.4, -0.2) is 47.8 Å². The molecule has 2 N–H and O–H groups in total. The second kappa shape index (κ2) is 5.28. The van der Waals surface area contributed by atoms with E-state index < -0.39 is 0 Å². The van der Waals surface area contributed by atoms with Crippen LogP contribution in [0.3, 0.4) is 0 Å². The minimum absolute atomic E-state index is 0.0403. The van der Waals surface area contributed by atoms with E-state index >= 15 is 0 Å². The van der Waals surface area contributed by atoms with Gasteiger partial charge in [-0.1, -0.05) is 6.92 Å². The topological polar surface area (TPSA) is 35.5 Å². The normalized spacial score (nSPS) is 35.4. The molecule has 15 heavy (non-hydrogen) atoms. The zero-order valence-corrected chi connectivity index (χ0v) is 10.6. The minimum atomic E-state index is -0.0403. The van der Waals surface area contributed by atoms with E-state index in [0.717, 1.165) is 25.8 Å². The molecular formula is C12H26N2O. The van der Waals surface area contributed by atoms with E-state index in [2.05, 4.69) is 38.0 Å². The van der Waals surface area contributed by atoms with Gasteiger partial charge in [-0.05, 0) is 46.7 Å². The first-order chi connectivity index (χ1) is 7.03. The summed E-state index contributed by atoms with van der Waals surface area (Å²) in [5.74, 6) is 0. The smallest absolute Gasteiger partial charge is 0.0614 e. The fourth-order valence-corrected chi connectivity index (χ4v) is 2.38. The molecule has 0 amide bonds. The number of nitrogens with one attached hydrogen (secondary N) is 1. The van der Waals surface area contributed by atoms with Crippen molar-refractivity contribution in [1.29, 1.82) is 0 Å². The van der Waals surface area contributed by atoms with Crippen LogP contribution in [0, 0.1) is 0 Å². The number of aliphatic hydroxyl groups excluding tert-OH is 1. The molecule has 1 rings (SSSR count). The Morgan fingerprint density at radius 2 is 2.27 bits per heavy atom. The average Bonchev–Trinajstić information content (AvgIpc) is 2.23. The van der Waals surface area contributed by atoms with Crippen LogP contribution >= 0.6 is 0 Å². The summed E-state index contributed by atoms with van der Waals surface area (Å²) in [4.78, 5) is 2.37. The van der Waals surface area contributed by atoms with Crippen LogP contribution in [0.5, 0.6) is 0 Å². The van der Waals surface area contributed by atoms with Crippen molar-refractivity contribution in [2.24, 2.45) is 0 Å². The Bertz CT molecular complexity index is 194. The lowest BCUT2D eigenvalue weighted by molar-refractivity contribution is 0.0520. The van der Waals surface area contributed by atoms with Crippen LogP contribution in [-0.2, 0) is 0 Å². The van der Waals surface area contributed by atoms with Gasteiger partial charge in [0.1, 0.15) is 0 Å². The maximum absolute atomic E-state index is 9.61. The van der Waals surface area contributed by atoms with Gasteiger partial charge in [-0.3, -0.25) is 0 Å². The van der Waals surface area contributed by atoms with E-state index in [1.54, 1.807) is 0 Å². The first kappa shape index (κ1) is 12.9. The van der Waals surface area contributed by atoms with Gasteiger partial charge in [-0.15, -0.1) is 0 Å². The lowest BCUT2D eigenvalue weighted by Gasteiger charge is -2.45. The second-order valence-electron chi connectivity index (χ2n) is 5.18. The van der Waals surface area contributed by atoms with Crippen molar-refractivity contribution in [3.8, 4) is 0 Å². The zero-order valence-electron chi connectivity index (χ0n) is 10.6. The third kappa shape index (κ3) is 3.16. The molecule has 1 aliphatic heterocycles. The second-order valence-corrected chi connectivity index (χ2v) is 5.18. The molecule has 0 aliphatic carbocycles. The third-order valence-corrected chi connectivity index (χ3v) is 3.85. The molecule has 0 aromatic rings. The van der Waals surface area contributed by atoms with Gasteiger partial charge < -0.3 is 15.3 Å². The lowest BCUT2D eigenvalue weighted by atomic mass is 9.83. The summed E-state index contributed by atoms with van der Waals surface area (Å²) in [6.07, 6.45) is 3.21. The molecule has 0 bridgehead atoms. The van der Waals surface area contributed by atoms with Crippen molar-refractivity contribution in [2.75, 3.05) is 20.2 Å². The highest BCUT2D eigenvalue weighted by Gasteiger charge is 2.36.